The molecule has 2 unspecified atom stereocenters. The molecule has 1 aliphatic heterocycles. The lowest BCUT2D eigenvalue weighted by Crippen LogP contribution is -2.54. The monoisotopic (exact) mass is 441 g/mol. The molecule has 9 heteroatoms. The lowest BCUT2D eigenvalue weighted by atomic mass is 10.1. The maximum absolute atomic E-state index is 6.62. The van der Waals surface area contributed by atoms with E-state index >= 15 is 0 Å². The number of amidine groups is 1. The van der Waals surface area contributed by atoms with Gasteiger partial charge in [-0.05, 0) is 32.0 Å². The Morgan fingerprint density at radius 1 is 1.23 bits per heavy atom. The number of fused-ring (bicyclic) bond motifs is 1. The van der Waals surface area contributed by atoms with Crippen molar-refractivity contribution in [2.75, 3.05) is 30.8 Å². The Kier molecular flexibility index (Phi) is 5.68. The number of nitrogens with one attached hydrogen (secondary N) is 1. The average Bonchev–Trinajstić information content (AvgIpc) is 3.06. The van der Waals surface area contributed by atoms with Crippen LogP contribution in [0.5, 0.6) is 5.75 Å². The highest BCUT2D eigenvalue weighted by Crippen LogP contribution is 2.33. The van der Waals surface area contributed by atoms with Gasteiger partial charge in [-0.15, -0.1) is 0 Å². The summed E-state index contributed by atoms with van der Waals surface area (Å²) in [5.74, 6) is 0.877. The maximum atomic E-state index is 6.62. The molecule has 8 nitrogen and oxygen atoms in total. The van der Waals surface area contributed by atoms with Gasteiger partial charge in [0.15, 0.2) is 0 Å². The third-order valence-electron chi connectivity index (χ3n) is 5.43. The smallest absolute Gasteiger partial charge is 0.149 e. The molecule has 2 atom stereocenters. The number of halogens is 1. The van der Waals surface area contributed by atoms with Crippen LogP contribution in [0.1, 0.15) is 19.4 Å². The van der Waals surface area contributed by atoms with E-state index in [1.165, 1.54) is 0 Å². The van der Waals surface area contributed by atoms with Crippen molar-refractivity contribution in [2.24, 2.45) is 17.8 Å². The zero-order valence-electron chi connectivity index (χ0n) is 18.2. The number of nitrogens with zero attached hydrogens (tertiary/aromatic N) is 4. The molecule has 0 radical (unpaired) electrons. The fourth-order valence-electron chi connectivity index (χ4n) is 4.23. The number of hydrogen-bond acceptors (Lipinski definition) is 6. The molecule has 1 aromatic heterocycles. The minimum absolute atomic E-state index is 0.251. The van der Waals surface area contributed by atoms with Gasteiger partial charge in [-0.25, -0.2) is 4.99 Å². The summed E-state index contributed by atoms with van der Waals surface area (Å²) in [7, 11) is 3.46. The first-order valence-electron chi connectivity index (χ1n) is 10.2. The van der Waals surface area contributed by atoms with Gasteiger partial charge in [-0.2, -0.15) is 5.10 Å². The molecule has 0 aliphatic carbocycles. The number of nitrogens with two attached hydrogens (primary N) is 2. The van der Waals surface area contributed by atoms with Gasteiger partial charge >= 0.3 is 0 Å². The lowest BCUT2D eigenvalue weighted by molar-refractivity contribution is 0.407. The Morgan fingerprint density at radius 2 is 1.94 bits per heavy atom. The molecule has 0 saturated carbocycles. The van der Waals surface area contributed by atoms with Crippen LogP contribution in [-0.4, -0.2) is 47.9 Å². The SMILES string of the molecule is COc1cc(N=C(N)c2c(N)cc(N3CC(C)NC(C)C3)cc2Cl)cc2cn(C)nc12. The maximum Gasteiger partial charge on any atom is 0.149 e. The quantitative estimate of drug-likeness (QED) is 0.326. The molecule has 0 bridgehead atoms. The van der Waals surface area contributed by atoms with Gasteiger partial charge in [0.2, 0.25) is 0 Å². The van der Waals surface area contributed by atoms with E-state index in [0.29, 0.717) is 39.8 Å². The van der Waals surface area contributed by atoms with E-state index in [1.54, 1.807) is 17.9 Å². The second kappa shape index (κ2) is 8.28. The minimum Gasteiger partial charge on any atom is -0.494 e. The van der Waals surface area contributed by atoms with Crippen LogP contribution in [0.25, 0.3) is 10.9 Å². The second-order valence-electron chi connectivity index (χ2n) is 8.15. The number of benzene rings is 2. The third kappa shape index (κ3) is 4.26. The van der Waals surface area contributed by atoms with Gasteiger partial charge in [0.25, 0.3) is 0 Å². The van der Waals surface area contributed by atoms with Gasteiger partial charge < -0.3 is 26.4 Å². The van der Waals surface area contributed by atoms with Crippen molar-refractivity contribution in [1.29, 1.82) is 0 Å². The predicted octanol–water partition coefficient (Wildman–Crippen LogP) is 3.04. The van der Waals surface area contributed by atoms with Gasteiger partial charge in [0.1, 0.15) is 17.1 Å². The van der Waals surface area contributed by atoms with E-state index < -0.39 is 0 Å². The normalized spacial score (nSPS) is 19.8. The summed E-state index contributed by atoms with van der Waals surface area (Å²) in [5.41, 5.74) is 16.1. The average molecular weight is 442 g/mol. The summed E-state index contributed by atoms with van der Waals surface area (Å²) in [6, 6.07) is 8.29. The van der Waals surface area contributed by atoms with E-state index in [0.717, 1.165) is 29.7 Å². The summed E-state index contributed by atoms with van der Waals surface area (Å²) in [4.78, 5) is 6.86. The van der Waals surface area contributed by atoms with E-state index in [9.17, 15) is 0 Å². The van der Waals surface area contributed by atoms with Crippen molar-refractivity contribution in [3.05, 3.63) is 41.0 Å². The Bertz CT molecular complexity index is 1120. The summed E-state index contributed by atoms with van der Waals surface area (Å²) in [5, 5.41) is 9.33. The number of piperazine rings is 1. The van der Waals surface area contributed by atoms with Crippen LogP contribution in [0.4, 0.5) is 17.1 Å². The number of rotatable bonds is 4. The molecule has 0 spiro atoms. The van der Waals surface area contributed by atoms with E-state index in [2.05, 4.69) is 34.2 Å². The van der Waals surface area contributed by atoms with Crippen molar-refractivity contribution >= 4 is 45.4 Å². The number of aryl methyl sites for hydroxylation is 1. The predicted molar refractivity (Wildman–Crippen MR) is 128 cm³/mol. The first-order chi connectivity index (χ1) is 14.7. The number of nitrogen functional groups attached to an aromatic ring is 1. The Balaban J connectivity index is 1.69. The fourth-order valence-corrected chi connectivity index (χ4v) is 4.54. The van der Waals surface area contributed by atoms with Crippen LogP contribution in [0.15, 0.2) is 35.5 Å². The number of hydrogen-bond donors (Lipinski definition) is 3. The van der Waals surface area contributed by atoms with Gasteiger partial charge in [-0.3, -0.25) is 4.68 Å². The van der Waals surface area contributed by atoms with Crippen LogP contribution in [0.3, 0.4) is 0 Å². The molecule has 1 saturated heterocycles. The van der Waals surface area contributed by atoms with Crippen molar-refractivity contribution in [2.45, 2.75) is 25.9 Å². The van der Waals surface area contributed by atoms with Crippen molar-refractivity contribution in [3.63, 3.8) is 0 Å². The van der Waals surface area contributed by atoms with E-state index in [4.69, 9.17) is 27.8 Å². The highest BCUT2D eigenvalue weighted by atomic mass is 35.5. The third-order valence-corrected chi connectivity index (χ3v) is 5.72. The molecule has 2 heterocycles. The highest BCUT2D eigenvalue weighted by molar-refractivity contribution is 6.35. The van der Waals surface area contributed by atoms with Crippen LogP contribution in [0.2, 0.25) is 5.02 Å². The molecular formula is C22H28ClN7O. The minimum atomic E-state index is 0.251. The van der Waals surface area contributed by atoms with Crippen molar-refractivity contribution in [3.8, 4) is 5.75 Å². The van der Waals surface area contributed by atoms with E-state index in [-0.39, 0.29) is 5.84 Å². The Labute approximate surface area is 186 Å². The molecule has 1 aliphatic rings. The van der Waals surface area contributed by atoms with Crippen LogP contribution in [-0.2, 0) is 7.05 Å². The van der Waals surface area contributed by atoms with Crippen molar-refractivity contribution in [1.82, 2.24) is 15.1 Å². The molecule has 1 fully saturated rings. The Hall–Kier alpha value is -2.97. The van der Waals surface area contributed by atoms with Crippen LogP contribution in [0, 0.1) is 0 Å². The number of ether oxygens (including phenoxy) is 1. The summed E-state index contributed by atoms with van der Waals surface area (Å²) >= 11 is 6.62. The molecule has 31 heavy (non-hydrogen) atoms. The van der Waals surface area contributed by atoms with Gasteiger partial charge in [0, 0.05) is 61.2 Å². The number of methoxy groups -OCH3 is 1. The van der Waals surface area contributed by atoms with E-state index in [1.807, 2.05) is 31.4 Å². The molecule has 0 amide bonds. The highest BCUT2D eigenvalue weighted by Gasteiger charge is 2.23. The summed E-state index contributed by atoms with van der Waals surface area (Å²) < 4.78 is 7.20. The zero-order valence-corrected chi connectivity index (χ0v) is 18.9. The number of aliphatic imine (C=N–C) groups is 1. The fraction of sp³-hybridized carbons (Fsp3) is 0.364. The number of anilines is 2. The first-order valence-corrected chi connectivity index (χ1v) is 10.6. The van der Waals surface area contributed by atoms with Gasteiger partial charge in [0.05, 0.1) is 23.4 Å². The van der Waals surface area contributed by atoms with Crippen LogP contribution < -0.4 is 26.4 Å². The second-order valence-corrected chi connectivity index (χ2v) is 8.56. The summed E-state index contributed by atoms with van der Waals surface area (Å²) in [6.07, 6.45) is 1.90. The topological polar surface area (TPSA) is 107 Å². The summed E-state index contributed by atoms with van der Waals surface area (Å²) in [6.45, 7) is 6.10. The number of aromatic nitrogens is 2. The standard InChI is InChI=1S/C22H28ClN7O/c1-12-9-30(10-13(2)26-12)16-7-17(23)20(18(24)8-16)22(25)27-15-5-14-11-29(3)28-21(14)19(6-15)31-4/h5-8,11-13,26H,9-10,24H2,1-4H3,(H2,25,27). The molecule has 3 aromatic rings. The first kappa shape index (κ1) is 21.3. The van der Waals surface area contributed by atoms with Gasteiger partial charge in [-0.1, -0.05) is 11.6 Å². The lowest BCUT2D eigenvalue weighted by Gasteiger charge is -2.38. The zero-order chi connectivity index (χ0) is 22.3. The molecule has 5 N–H and O–H groups in total. The van der Waals surface area contributed by atoms with Crippen molar-refractivity contribution < 1.29 is 4.74 Å². The largest absolute Gasteiger partial charge is 0.494 e. The molecule has 164 valence electrons. The Morgan fingerprint density at radius 3 is 2.58 bits per heavy atom. The molecular weight excluding hydrogens is 414 g/mol. The molecule has 2 aromatic carbocycles. The molecule has 4 rings (SSSR count). The van der Waals surface area contributed by atoms with Crippen LogP contribution >= 0.6 is 11.6 Å².